The Bertz CT molecular complexity index is 1250. The number of rotatable bonds is 8. The number of anilines is 2. The average Bonchev–Trinajstić information content (AvgIpc) is 3.39. The van der Waals surface area contributed by atoms with E-state index in [4.69, 9.17) is 15.2 Å². The largest absolute Gasteiger partial charge is 0.494 e. The molecule has 0 radical (unpaired) electrons. The smallest absolute Gasteiger partial charge is 0.232 e. The lowest BCUT2D eigenvalue weighted by molar-refractivity contribution is -0.117. The third kappa shape index (κ3) is 4.66. The molecule has 0 saturated carbocycles. The Morgan fingerprint density at radius 3 is 2.66 bits per heavy atom. The predicted octanol–water partition coefficient (Wildman–Crippen LogP) is 4.40. The van der Waals surface area contributed by atoms with Crippen LogP contribution in [0, 0.1) is 0 Å². The first-order chi connectivity index (χ1) is 15.5. The van der Waals surface area contributed by atoms with Crippen molar-refractivity contribution in [1.82, 2.24) is 15.2 Å². The zero-order chi connectivity index (χ0) is 22.7. The maximum atomic E-state index is 12.9. The zero-order valence-electron chi connectivity index (χ0n) is 18.0. The Morgan fingerprint density at radius 1 is 1.06 bits per heavy atom. The summed E-state index contributed by atoms with van der Waals surface area (Å²) in [5, 5.41) is 10.2. The normalized spacial score (nSPS) is 11.0. The van der Waals surface area contributed by atoms with Gasteiger partial charge >= 0.3 is 0 Å². The number of thiazole rings is 1. The molecule has 2 N–H and O–H groups in total. The molecule has 0 spiro atoms. The van der Waals surface area contributed by atoms with Gasteiger partial charge in [0.25, 0.3) is 0 Å². The molecule has 0 fully saturated rings. The minimum absolute atomic E-state index is 0.0822. The van der Waals surface area contributed by atoms with Gasteiger partial charge in [-0.25, -0.2) is 4.98 Å². The molecule has 0 aliphatic heterocycles. The number of hydrogen-bond acceptors (Lipinski definition) is 9. The highest BCUT2D eigenvalue weighted by molar-refractivity contribution is 7.22. The van der Waals surface area contributed by atoms with E-state index >= 15 is 0 Å². The van der Waals surface area contributed by atoms with Crippen LogP contribution in [0.3, 0.4) is 0 Å². The number of amides is 1. The molecule has 0 unspecified atom stereocenters. The molecule has 0 atom stereocenters. The van der Waals surface area contributed by atoms with Crippen molar-refractivity contribution in [3.63, 3.8) is 0 Å². The van der Waals surface area contributed by atoms with E-state index in [1.807, 2.05) is 50.2 Å². The van der Waals surface area contributed by atoms with Crippen molar-refractivity contribution in [1.29, 1.82) is 0 Å². The van der Waals surface area contributed by atoms with Crippen LogP contribution in [0.1, 0.15) is 19.4 Å². The quantitative estimate of drug-likeness (QED) is 0.408. The van der Waals surface area contributed by atoms with E-state index in [2.05, 4.69) is 15.2 Å². The Balaban J connectivity index is 1.52. The summed E-state index contributed by atoms with van der Waals surface area (Å²) < 4.78 is 12.3. The summed E-state index contributed by atoms with van der Waals surface area (Å²) in [5.74, 6) is 1.32. The molecule has 2 aromatic carbocycles. The van der Waals surface area contributed by atoms with E-state index in [0.29, 0.717) is 34.2 Å². The number of nitrogens with two attached hydrogens (primary N) is 1. The van der Waals surface area contributed by atoms with E-state index in [1.54, 1.807) is 7.05 Å². The summed E-state index contributed by atoms with van der Waals surface area (Å²) >= 11 is 2.74. The van der Waals surface area contributed by atoms with Crippen LogP contribution < -0.4 is 20.1 Å². The van der Waals surface area contributed by atoms with Gasteiger partial charge in [-0.3, -0.25) is 9.69 Å². The Morgan fingerprint density at radius 2 is 1.88 bits per heavy atom. The average molecular weight is 470 g/mol. The second-order valence-corrected chi connectivity index (χ2v) is 8.92. The van der Waals surface area contributed by atoms with Crippen LogP contribution in [0.15, 0.2) is 36.4 Å². The molecule has 0 aliphatic rings. The van der Waals surface area contributed by atoms with Gasteiger partial charge in [0.1, 0.15) is 11.5 Å². The van der Waals surface area contributed by atoms with Crippen molar-refractivity contribution in [2.24, 2.45) is 0 Å². The molecular weight excluding hydrogens is 446 g/mol. The van der Waals surface area contributed by atoms with Crippen molar-refractivity contribution in [2.45, 2.75) is 20.3 Å². The molecule has 166 valence electrons. The van der Waals surface area contributed by atoms with Gasteiger partial charge in [0.15, 0.2) is 10.1 Å². The van der Waals surface area contributed by atoms with Gasteiger partial charge in [-0.15, -0.1) is 10.2 Å². The molecule has 4 rings (SSSR count). The Kier molecular flexibility index (Phi) is 6.52. The van der Waals surface area contributed by atoms with Crippen LogP contribution in [0.2, 0.25) is 0 Å². The van der Waals surface area contributed by atoms with Gasteiger partial charge in [0, 0.05) is 13.1 Å². The van der Waals surface area contributed by atoms with Crippen molar-refractivity contribution in [3.8, 4) is 22.1 Å². The second kappa shape index (κ2) is 9.49. The van der Waals surface area contributed by atoms with Gasteiger partial charge in [-0.05, 0) is 43.7 Å². The summed E-state index contributed by atoms with van der Waals surface area (Å²) in [5.41, 5.74) is 8.32. The Labute approximate surface area is 193 Å². The number of likely N-dealkylation sites (N-methyl/N-ethyl adjacent to an activating group) is 1. The molecule has 1 amide bonds. The van der Waals surface area contributed by atoms with Crippen LogP contribution >= 0.6 is 22.7 Å². The highest BCUT2D eigenvalue weighted by atomic mass is 32.1. The molecule has 0 bridgehead atoms. The van der Waals surface area contributed by atoms with Crippen LogP contribution in [-0.4, -0.2) is 41.3 Å². The SMILES string of the molecule is CCOc1ccc(-c2nnc(N(C)C(=O)Cc3ccc4nc(N)sc4c3)s2)c(OCC)c1. The molecule has 4 aromatic rings. The van der Waals surface area contributed by atoms with Crippen LogP contribution in [-0.2, 0) is 11.2 Å². The first-order valence-corrected chi connectivity index (χ1v) is 11.8. The minimum atomic E-state index is -0.0822. The Hall–Kier alpha value is -3.24. The number of benzene rings is 2. The maximum Gasteiger partial charge on any atom is 0.232 e. The van der Waals surface area contributed by atoms with Gasteiger partial charge < -0.3 is 15.2 Å². The number of fused-ring (bicyclic) bond motifs is 1. The lowest BCUT2D eigenvalue weighted by atomic mass is 10.1. The maximum absolute atomic E-state index is 12.9. The standard InChI is InChI=1S/C22H23N5O3S2/c1-4-29-14-7-8-15(17(12-14)30-5-2)20-25-26-22(32-20)27(3)19(28)11-13-6-9-16-18(10-13)31-21(23)24-16/h6-10,12H,4-5,11H2,1-3H3,(H2,23,24). The minimum Gasteiger partial charge on any atom is -0.494 e. The summed E-state index contributed by atoms with van der Waals surface area (Å²) in [6.45, 7) is 4.95. The number of carbonyl (C=O) groups excluding carboxylic acids is 1. The van der Waals surface area contributed by atoms with Gasteiger partial charge in [-0.1, -0.05) is 28.7 Å². The number of ether oxygens (including phenoxy) is 2. The molecular formula is C22H23N5O3S2. The number of nitrogens with zero attached hydrogens (tertiary/aromatic N) is 4. The summed E-state index contributed by atoms with van der Waals surface area (Å²) in [6, 6.07) is 11.4. The van der Waals surface area contributed by atoms with Crippen molar-refractivity contribution >= 4 is 49.1 Å². The van der Waals surface area contributed by atoms with Crippen molar-refractivity contribution in [2.75, 3.05) is 30.9 Å². The molecule has 32 heavy (non-hydrogen) atoms. The molecule has 8 nitrogen and oxygen atoms in total. The first kappa shape index (κ1) is 22.0. The lowest BCUT2D eigenvalue weighted by Crippen LogP contribution is -2.27. The summed E-state index contributed by atoms with van der Waals surface area (Å²) in [4.78, 5) is 18.7. The first-order valence-electron chi connectivity index (χ1n) is 10.1. The number of aromatic nitrogens is 3. The number of carbonyl (C=O) groups is 1. The summed E-state index contributed by atoms with van der Waals surface area (Å²) in [7, 11) is 1.71. The third-order valence-electron chi connectivity index (χ3n) is 4.69. The topological polar surface area (TPSA) is 103 Å². The molecule has 2 heterocycles. The van der Waals surface area contributed by atoms with Gasteiger partial charge in [0.2, 0.25) is 11.0 Å². The van der Waals surface area contributed by atoms with Crippen molar-refractivity contribution < 1.29 is 14.3 Å². The van der Waals surface area contributed by atoms with E-state index in [1.165, 1.54) is 27.6 Å². The molecule has 10 heteroatoms. The van der Waals surface area contributed by atoms with Crippen LogP contribution in [0.5, 0.6) is 11.5 Å². The zero-order valence-corrected chi connectivity index (χ0v) is 19.6. The lowest BCUT2D eigenvalue weighted by Gasteiger charge is -2.13. The van der Waals surface area contributed by atoms with Gasteiger partial charge in [-0.2, -0.15) is 0 Å². The second-order valence-electron chi connectivity index (χ2n) is 6.90. The monoisotopic (exact) mass is 469 g/mol. The fraction of sp³-hybridized carbons (Fsp3) is 0.273. The third-order valence-corrected chi connectivity index (χ3v) is 6.57. The summed E-state index contributed by atoms with van der Waals surface area (Å²) in [6.07, 6.45) is 0.242. The molecule has 2 aromatic heterocycles. The van der Waals surface area contributed by atoms with E-state index < -0.39 is 0 Å². The van der Waals surface area contributed by atoms with Gasteiger partial charge in [0.05, 0.1) is 35.4 Å². The fourth-order valence-electron chi connectivity index (χ4n) is 3.17. The van der Waals surface area contributed by atoms with E-state index in [9.17, 15) is 4.79 Å². The predicted molar refractivity (Wildman–Crippen MR) is 129 cm³/mol. The number of nitrogen functional groups attached to an aromatic ring is 1. The molecule has 0 saturated heterocycles. The highest BCUT2D eigenvalue weighted by Crippen LogP contribution is 2.37. The van der Waals surface area contributed by atoms with Crippen LogP contribution in [0.25, 0.3) is 20.8 Å². The fourth-order valence-corrected chi connectivity index (χ4v) is 4.82. The van der Waals surface area contributed by atoms with Crippen LogP contribution in [0.4, 0.5) is 10.3 Å². The highest BCUT2D eigenvalue weighted by Gasteiger charge is 2.19. The van der Waals surface area contributed by atoms with E-state index in [-0.39, 0.29) is 12.3 Å². The van der Waals surface area contributed by atoms with E-state index in [0.717, 1.165) is 27.1 Å². The number of hydrogen-bond donors (Lipinski definition) is 1. The van der Waals surface area contributed by atoms with Crippen molar-refractivity contribution in [3.05, 3.63) is 42.0 Å². The molecule has 0 aliphatic carbocycles.